The van der Waals surface area contributed by atoms with Crippen LogP contribution in [0.3, 0.4) is 0 Å². The van der Waals surface area contributed by atoms with E-state index in [9.17, 15) is 4.79 Å². The SMILES string of the molecule is CN(C(=O)CNCC1CC1)c1ccc(Oc2ccccc2)cc1.Cl. The summed E-state index contributed by atoms with van der Waals surface area (Å²) in [6.07, 6.45) is 2.58. The molecule has 1 aliphatic carbocycles. The fraction of sp³-hybridized carbons (Fsp3) is 0.316. The average Bonchev–Trinajstić information content (AvgIpc) is 3.40. The highest BCUT2D eigenvalue weighted by Crippen LogP contribution is 2.27. The third kappa shape index (κ3) is 5.25. The molecule has 1 N–H and O–H groups in total. The molecule has 24 heavy (non-hydrogen) atoms. The third-order valence-electron chi connectivity index (χ3n) is 3.98. The average molecular weight is 347 g/mol. The highest BCUT2D eigenvalue weighted by atomic mass is 35.5. The summed E-state index contributed by atoms with van der Waals surface area (Å²) < 4.78 is 5.76. The summed E-state index contributed by atoms with van der Waals surface area (Å²) >= 11 is 0. The Balaban J connectivity index is 0.00000208. The number of hydrogen-bond acceptors (Lipinski definition) is 3. The number of nitrogens with zero attached hydrogens (tertiary/aromatic N) is 1. The summed E-state index contributed by atoms with van der Waals surface area (Å²) in [7, 11) is 1.80. The first-order chi connectivity index (χ1) is 11.2. The van der Waals surface area contributed by atoms with E-state index < -0.39 is 0 Å². The summed E-state index contributed by atoms with van der Waals surface area (Å²) in [5.41, 5.74) is 0.864. The molecule has 1 fully saturated rings. The van der Waals surface area contributed by atoms with E-state index in [1.165, 1.54) is 12.8 Å². The Hall–Kier alpha value is -2.04. The largest absolute Gasteiger partial charge is 0.457 e. The molecule has 1 aliphatic rings. The molecule has 4 nitrogen and oxygen atoms in total. The Morgan fingerprint density at radius 3 is 2.33 bits per heavy atom. The number of halogens is 1. The number of anilines is 1. The molecule has 1 saturated carbocycles. The number of hydrogen-bond donors (Lipinski definition) is 1. The van der Waals surface area contributed by atoms with Crippen LogP contribution < -0.4 is 15.0 Å². The standard InChI is InChI=1S/C19H22N2O2.ClH/c1-21(19(22)14-20-13-15-7-8-15)16-9-11-18(12-10-16)23-17-5-3-2-4-6-17;/h2-6,9-12,15,20H,7-8,13-14H2,1H3;1H. The first kappa shape index (κ1) is 18.3. The lowest BCUT2D eigenvalue weighted by Crippen LogP contribution is -2.36. The van der Waals surface area contributed by atoms with Gasteiger partial charge in [0, 0.05) is 12.7 Å². The van der Waals surface area contributed by atoms with Crippen LogP contribution in [0.1, 0.15) is 12.8 Å². The number of benzene rings is 2. The second kappa shape index (κ2) is 8.71. The first-order valence-electron chi connectivity index (χ1n) is 8.02. The van der Waals surface area contributed by atoms with Crippen molar-refractivity contribution in [2.75, 3.05) is 25.0 Å². The molecular formula is C19H23ClN2O2. The normalized spacial score (nSPS) is 13.0. The van der Waals surface area contributed by atoms with E-state index in [4.69, 9.17) is 4.74 Å². The number of carbonyl (C=O) groups excluding carboxylic acids is 1. The number of amides is 1. The van der Waals surface area contributed by atoms with Gasteiger partial charge in [-0.25, -0.2) is 0 Å². The van der Waals surface area contributed by atoms with E-state index in [0.717, 1.165) is 29.6 Å². The highest BCUT2D eigenvalue weighted by molar-refractivity contribution is 5.94. The Morgan fingerprint density at radius 2 is 1.71 bits per heavy atom. The van der Waals surface area contributed by atoms with Gasteiger partial charge in [0.2, 0.25) is 5.91 Å². The van der Waals surface area contributed by atoms with Crippen molar-refractivity contribution in [2.45, 2.75) is 12.8 Å². The third-order valence-corrected chi connectivity index (χ3v) is 3.98. The fourth-order valence-electron chi connectivity index (χ4n) is 2.33. The van der Waals surface area contributed by atoms with Crippen LogP contribution in [0.4, 0.5) is 5.69 Å². The van der Waals surface area contributed by atoms with Gasteiger partial charge in [-0.2, -0.15) is 0 Å². The van der Waals surface area contributed by atoms with Crippen molar-refractivity contribution in [3.63, 3.8) is 0 Å². The predicted octanol–water partition coefficient (Wildman–Crippen LogP) is 3.86. The second-order valence-electron chi connectivity index (χ2n) is 5.94. The maximum atomic E-state index is 12.2. The lowest BCUT2D eigenvalue weighted by atomic mass is 10.2. The summed E-state index contributed by atoms with van der Waals surface area (Å²) in [6.45, 7) is 1.33. The highest BCUT2D eigenvalue weighted by Gasteiger charge is 2.21. The van der Waals surface area contributed by atoms with Gasteiger partial charge < -0.3 is 15.0 Å². The lowest BCUT2D eigenvalue weighted by molar-refractivity contribution is -0.117. The molecule has 0 radical (unpaired) electrons. The smallest absolute Gasteiger partial charge is 0.240 e. The molecule has 0 bridgehead atoms. The molecule has 0 spiro atoms. The molecule has 1 amide bonds. The quantitative estimate of drug-likeness (QED) is 0.827. The van der Waals surface area contributed by atoms with E-state index in [0.29, 0.717) is 6.54 Å². The van der Waals surface area contributed by atoms with Crippen molar-refractivity contribution in [1.29, 1.82) is 0 Å². The van der Waals surface area contributed by atoms with Crippen molar-refractivity contribution in [3.8, 4) is 11.5 Å². The summed E-state index contributed by atoms with van der Waals surface area (Å²) in [5, 5.41) is 3.23. The summed E-state index contributed by atoms with van der Waals surface area (Å²) in [6, 6.07) is 17.2. The number of nitrogens with one attached hydrogen (secondary N) is 1. The van der Waals surface area contributed by atoms with Crippen LogP contribution in [-0.2, 0) is 4.79 Å². The van der Waals surface area contributed by atoms with Crippen molar-refractivity contribution >= 4 is 24.0 Å². The van der Waals surface area contributed by atoms with Crippen molar-refractivity contribution in [2.24, 2.45) is 5.92 Å². The number of rotatable bonds is 7. The minimum atomic E-state index is 0. The molecule has 5 heteroatoms. The number of para-hydroxylation sites is 1. The topological polar surface area (TPSA) is 41.6 Å². The predicted molar refractivity (Wildman–Crippen MR) is 99.2 cm³/mol. The zero-order valence-electron chi connectivity index (χ0n) is 13.8. The van der Waals surface area contributed by atoms with Crippen LogP contribution in [0, 0.1) is 5.92 Å². The van der Waals surface area contributed by atoms with Gasteiger partial charge in [0.1, 0.15) is 11.5 Å². The molecule has 0 unspecified atom stereocenters. The van der Waals surface area contributed by atoms with E-state index >= 15 is 0 Å². The minimum Gasteiger partial charge on any atom is -0.457 e. The van der Waals surface area contributed by atoms with E-state index in [-0.39, 0.29) is 18.3 Å². The van der Waals surface area contributed by atoms with E-state index in [1.807, 2.05) is 54.6 Å². The summed E-state index contributed by atoms with van der Waals surface area (Å²) in [4.78, 5) is 13.8. The lowest BCUT2D eigenvalue weighted by Gasteiger charge is -2.18. The molecule has 0 heterocycles. The molecule has 0 atom stereocenters. The van der Waals surface area contributed by atoms with Gasteiger partial charge in [-0.1, -0.05) is 18.2 Å². The van der Waals surface area contributed by atoms with Crippen LogP contribution >= 0.6 is 12.4 Å². The molecule has 2 aromatic rings. The van der Waals surface area contributed by atoms with Crippen LogP contribution in [0.25, 0.3) is 0 Å². The van der Waals surface area contributed by atoms with Gasteiger partial charge in [-0.15, -0.1) is 12.4 Å². The van der Waals surface area contributed by atoms with Crippen LogP contribution in [0.2, 0.25) is 0 Å². The maximum Gasteiger partial charge on any atom is 0.240 e. The van der Waals surface area contributed by atoms with Gasteiger partial charge in [0.15, 0.2) is 0 Å². The molecule has 0 saturated heterocycles. The Labute approximate surface area is 149 Å². The number of ether oxygens (including phenoxy) is 1. The van der Waals surface area contributed by atoms with Crippen molar-refractivity contribution in [3.05, 3.63) is 54.6 Å². The molecule has 0 aromatic heterocycles. The van der Waals surface area contributed by atoms with Crippen LogP contribution in [0.15, 0.2) is 54.6 Å². The second-order valence-corrected chi connectivity index (χ2v) is 5.94. The number of likely N-dealkylation sites (N-methyl/N-ethyl adjacent to an activating group) is 1. The minimum absolute atomic E-state index is 0. The molecule has 2 aromatic carbocycles. The molecular weight excluding hydrogens is 324 g/mol. The Bertz CT molecular complexity index is 642. The van der Waals surface area contributed by atoms with Crippen molar-refractivity contribution in [1.82, 2.24) is 5.32 Å². The summed E-state index contributed by atoms with van der Waals surface area (Å²) in [5.74, 6) is 2.41. The molecule has 0 aliphatic heterocycles. The van der Waals surface area contributed by atoms with Gasteiger partial charge in [-0.05, 0) is 61.7 Å². The van der Waals surface area contributed by atoms with E-state index in [1.54, 1.807) is 11.9 Å². The Kier molecular flexibility index (Phi) is 6.64. The monoisotopic (exact) mass is 346 g/mol. The van der Waals surface area contributed by atoms with Crippen molar-refractivity contribution < 1.29 is 9.53 Å². The van der Waals surface area contributed by atoms with Crippen LogP contribution in [-0.4, -0.2) is 26.0 Å². The van der Waals surface area contributed by atoms with E-state index in [2.05, 4.69) is 5.32 Å². The first-order valence-corrected chi connectivity index (χ1v) is 8.02. The zero-order valence-corrected chi connectivity index (χ0v) is 14.6. The van der Waals surface area contributed by atoms with Gasteiger partial charge >= 0.3 is 0 Å². The van der Waals surface area contributed by atoms with Gasteiger partial charge in [-0.3, -0.25) is 4.79 Å². The molecule has 3 rings (SSSR count). The van der Waals surface area contributed by atoms with Crippen LogP contribution in [0.5, 0.6) is 11.5 Å². The zero-order chi connectivity index (χ0) is 16.1. The number of carbonyl (C=O) groups is 1. The van der Waals surface area contributed by atoms with Gasteiger partial charge in [0.05, 0.1) is 6.54 Å². The maximum absolute atomic E-state index is 12.2. The molecule has 128 valence electrons. The fourth-order valence-corrected chi connectivity index (χ4v) is 2.33. The van der Waals surface area contributed by atoms with Gasteiger partial charge in [0.25, 0.3) is 0 Å². The Morgan fingerprint density at radius 1 is 1.08 bits per heavy atom.